The van der Waals surface area contributed by atoms with Crippen molar-refractivity contribution in [2.24, 2.45) is 5.73 Å². The van der Waals surface area contributed by atoms with Gasteiger partial charge in [-0.2, -0.15) is 0 Å². The number of imidazole rings is 1. The Labute approximate surface area is 141 Å². The lowest BCUT2D eigenvalue weighted by molar-refractivity contribution is 0.394. The number of benzene rings is 2. The zero-order chi connectivity index (χ0) is 16.9. The van der Waals surface area contributed by atoms with Crippen molar-refractivity contribution in [1.29, 1.82) is 0 Å². The average molecular weight is 323 g/mol. The van der Waals surface area contributed by atoms with Crippen LogP contribution in [0.1, 0.15) is 11.1 Å². The molecule has 0 bridgehead atoms. The Morgan fingerprint density at radius 1 is 1.00 bits per heavy atom. The van der Waals surface area contributed by atoms with Crippen molar-refractivity contribution in [2.75, 3.05) is 14.2 Å². The molecule has 0 saturated heterocycles. The van der Waals surface area contributed by atoms with Gasteiger partial charge in [0.25, 0.3) is 0 Å². The van der Waals surface area contributed by atoms with Crippen molar-refractivity contribution < 1.29 is 9.47 Å². The smallest absolute Gasteiger partial charge is 0.140 e. The SMILES string of the molecule is COc1cc(OC)cc(-c2nccn2Cc2cccc(CN)c2)c1. The third-order valence-electron chi connectivity index (χ3n) is 3.91. The summed E-state index contributed by atoms with van der Waals surface area (Å²) in [6.45, 7) is 1.26. The second kappa shape index (κ2) is 7.19. The van der Waals surface area contributed by atoms with Crippen LogP contribution in [0, 0.1) is 0 Å². The van der Waals surface area contributed by atoms with E-state index in [2.05, 4.69) is 21.7 Å². The lowest BCUT2D eigenvalue weighted by Crippen LogP contribution is -2.03. The predicted molar refractivity (Wildman–Crippen MR) is 94.2 cm³/mol. The van der Waals surface area contributed by atoms with E-state index >= 15 is 0 Å². The van der Waals surface area contributed by atoms with Gasteiger partial charge in [0.2, 0.25) is 0 Å². The molecular weight excluding hydrogens is 302 g/mol. The number of nitrogens with zero attached hydrogens (tertiary/aromatic N) is 2. The molecule has 0 unspecified atom stereocenters. The van der Waals surface area contributed by atoms with E-state index in [4.69, 9.17) is 15.2 Å². The number of hydrogen-bond donors (Lipinski definition) is 1. The highest BCUT2D eigenvalue weighted by Crippen LogP contribution is 2.29. The van der Waals surface area contributed by atoms with Crippen LogP contribution in [0.15, 0.2) is 54.9 Å². The Hall–Kier alpha value is -2.79. The molecule has 3 aromatic rings. The first kappa shape index (κ1) is 16.1. The minimum absolute atomic E-state index is 0.539. The van der Waals surface area contributed by atoms with Gasteiger partial charge in [-0.05, 0) is 23.3 Å². The molecule has 1 heterocycles. The summed E-state index contributed by atoms with van der Waals surface area (Å²) in [5.74, 6) is 2.35. The van der Waals surface area contributed by atoms with Crippen molar-refractivity contribution in [2.45, 2.75) is 13.1 Å². The van der Waals surface area contributed by atoms with E-state index in [1.54, 1.807) is 20.4 Å². The molecule has 3 rings (SSSR count). The highest BCUT2D eigenvalue weighted by atomic mass is 16.5. The zero-order valence-corrected chi connectivity index (χ0v) is 13.9. The van der Waals surface area contributed by atoms with E-state index in [0.29, 0.717) is 6.54 Å². The van der Waals surface area contributed by atoms with Gasteiger partial charge in [0, 0.05) is 37.1 Å². The van der Waals surface area contributed by atoms with Crippen molar-refractivity contribution in [3.63, 3.8) is 0 Å². The number of nitrogens with two attached hydrogens (primary N) is 1. The van der Waals surface area contributed by atoms with Crippen molar-refractivity contribution >= 4 is 0 Å². The molecule has 2 N–H and O–H groups in total. The van der Waals surface area contributed by atoms with E-state index in [-0.39, 0.29) is 0 Å². The van der Waals surface area contributed by atoms with Crippen LogP contribution in [-0.2, 0) is 13.1 Å². The van der Waals surface area contributed by atoms with Crippen LogP contribution >= 0.6 is 0 Å². The fourth-order valence-corrected chi connectivity index (χ4v) is 2.69. The molecule has 5 heteroatoms. The number of ether oxygens (including phenoxy) is 2. The second-order valence-corrected chi connectivity index (χ2v) is 5.50. The van der Waals surface area contributed by atoms with E-state index in [9.17, 15) is 0 Å². The molecule has 0 spiro atoms. The Kier molecular flexibility index (Phi) is 4.82. The minimum atomic E-state index is 0.539. The van der Waals surface area contributed by atoms with Gasteiger partial charge in [-0.1, -0.05) is 24.3 Å². The first-order valence-electron chi connectivity index (χ1n) is 7.76. The van der Waals surface area contributed by atoms with Gasteiger partial charge in [0.15, 0.2) is 0 Å². The van der Waals surface area contributed by atoms with Gasteiger partial charge < -0.3 is 19.8 Å². The van der Waals surface area contributed by atoms with Crippen molar-refractivity contribution in [1.82, 2.24) is 9.55 Å². The Balaban J connectivity index is 1.95. The summed E-state index contributed by atoms with van der Waals surface area (Å²) in [6, 6.07) is 14.0. The molecule has 24 heavy (non-hydrogen) atoms. The maximum absolute atomic E-state index is 5.73. The summed E-state index contributed by atoms with van der Waals surface area (Å²) in [5.41, 5.74) is 8.99. The van der Waals surface area contributed by atoms with Gasteiger partial charge in [-0.3, -0.25) is 0 Å². The number of rotatable bonds is 6. The standard InChI is InChI=1S/C19H21N3O2/c1-23-17-9-16(10-18(11-17)24-2)19-21-6-7-22(19)13-15-5-3-4-14(8-15)12-20/h3-11H,12-13,20H2,1-2H3. The summed E-state index contributed by atoms with van der Waals surface area (Å²) in [7, 11) is 3.28. The van der Waals surface area contributed by atoms with Crippen LogP contribution in [0.25, 0.3) is 11.4 Å². The summed E-state index contributed by atoms with van der Waals surface area (Å²) in [5, 5.41) is 0. The molecule has 0 fully saturated rings. The second-order valence-electron chi connectivity index (χ2n) is 5.50. The molecule has 0 saturated carbocycles. The van der Waals surface area contributed by atoms with Crippen LogP contribution in [-0.4, -0.2) is 23.8 Å². The maximum Gasteiger partial charge on any atom is 0.140 e. The molecule has 0 aliphatic rings. The molecule has 2 aromatic carbocycles. The molecule has 124 valence electrons. The van der Waals surface area contributed by atoms with Crippen LogP contribution in [0.3, 0.4) is 0 Å². The van der Waals surface area contributed by atoms with Crippen LogP contribution in [0.5, 0.6) is 11.5 Å². The van der Waals surface area contributed by atoms with Gasteiger partial charge >= 0.3 is 0 Å². The quantitative estimate of drug-likeness (QED) is 0.757. The fraction of sp³-hybridized carbons (Fsp3) is 0.211. The first-order chi connectivity index (χ1) is 11.7. The van der Waals surface area contributed by atoms with Crippen molar-refractivity contribution in [3.05, 3.63) is 66.0 Å². The third kappa shape index (κ3) is 3.41. The summed E-state index contributed by atoms with van der Waals surface area (Å²) in [6.07, 6.45) is 3.77. The van der Waals surface area contributed by atoms with Crippen LogP contribution in [0.4, 0.5) is 0 Å². The lowest BCUT2D eigenvalue weighted by Gasteiger charge is -2.11. The van der Waals surface area contributed by atoms with Gasteiger partial charge in [0.1, 0.15) is 17.3 Å². The Bertz CT molecular complexity index is 805. The maximum atomic E-state index is 5.73. The zero-order valence-electron chi connectivity index (χ0n) is 13.9. The predicted octanol–water partition coefficient (Wildman–Crippen LogP) is 3.07. The molecular formula is C19H21N3O2. The molecule has 0 amide bonds. The molecule has 5 nitrogen and oxygen atoms in total. The summed E-state index contributed by atoms with van der Waals surface area (Å²) < 4.78 is 12.8. The van der Waals surface area contributed by atoms with Gasteiger partial charge in [0.05, 0.1) is 14.2 Å². The topological polar surface area (TPSA) is 62.3 Å². The average Bonchev–Trinajstić information content (AvgIpc) is 3.09. The molecule has 0 aliphatic heterocycles. The van der Waals surface area contributed by atoms with Crippen molar-refractivity contribution in [3.8, 4) is 22.9 Å². The Morgan fingerprint density at radius 2 is 1.71 bits per heavy atom. The minimum Gasteiger partial charge on any atom is -0.497 e. The Morgan fingerprint density at radius 3 is 2.38 bits per heavy atom. The molecule has 0 radical (unpaired) electrons. The normalized spacial score (nSPS) is 10.6. The summed E-state index contributed by atoms with van der Waals surface area (Å²) >= 11 is 0. The first-order valence-corrected chi connectivity index (χ1v) is 7.76. The number of methoxy groups -OCH3 is 2. The highest BCUT2D eigenvalue weighted by molar-refractivity contribution is 5.61. The number of aromatic nitrogens is 2. The van der Waals surface area contributed by atoms with Gasteiger partial charge in [-0.25, -0.2) is 4.98 Å². The molecule has 0 aliphatic carbocycles. The van der Waals surface area contributed by atoms with E-state index in [1.807, 2.05) is 36.5 Å². The van der Waals surface area contributed by atoms with E-state index < -0.39 is 0 Å². The number of hydrogen-bond acceptors (Lipinski definition) is 4. The monoisotopic (exact) mass is 323 g/mol. The van der Waals surface area contributed by atoms with E-state index in [0.717, 1.165) is 35.0 Å². The largest absolute Gasteiger partial charge is 0.497 e. The van der Waals surface area contributed by atoms with Crippen LogP contribution in [0.2, 0.25) is 0 Å². The third-order valence-corrected chi connectivity index (χ3v) is 3.91. The molecule has 1 aromatic heterocycles. The van der Waals surface area contributed by atoms with E-state index in [1.165, 1.54) is 5.56 Å². The van der Waals surface area contributed by atoms with Crippen LogP contribution < -0.4 is 15.2 Å². The lowest BCUT2D eigenvalue weighted by atomic mass is 10.1. The highest BCUT2D eigenvalue weighted by Gasteiger charge is 2.10. The summed E-state index contributed by atoms with van der Waals surface area (Å²) in [4.78, 5) is 4.50. The molecule has 0 atom stereocenters. The van der Waals surface area contributed by atoms with Gasteiger partial charge in [-0.15, -0.1) is 0 Å². The fourth-order valence-electron chi connectivity index (χ4n) is 2.69.